The molecule has 1 aliphatic rings. The van der Waals surface area contributed by atoms with Gasteiger partial charge in [0, 0.05) is 11.0 Å². The summed E-state index contributed by atoms with van der Waals surface area (Å²) in [6, 6.07) is 7.55. The Balaban J connectivity index is 2.09. The number of nitrogens with two attached hydrogens (primary N) is 1. The number of hydrogen-bond donors (Lipinski definition) is 1. The Bertz CT molecular complexity index is 588. The molecule has 0 amide bonds. The molecule has 1 atom stereocenters. The Morgan fingerprint density at radius 3 is 2.65 bits per heavy atom. The van der Waals surface area contributed by atoms with Gasteiger partial charge in [-0.15, -0.1) is 0 Å². The van der Waals surface area contributed by atoms with Crippen LogP contribution in [0.1, 0.15) is 12.0 Å². The minimum Gasteiger partial charge on any atom is -0.497 e. The maximum absolute atomic E-state index is 10.9. The zero-order chi connectivity index (χ0) is 14.6. The first kappa shape index (κ1) is 14.0. The zero-order valence-electron chi connectivity index (χ0n) is 11.2. The average Bonchev–Trinajstić information content (AvgIpc) is 2.46. The number of rotatable bonds is 4. The van der Waals surface area contributed by atoms with Crippen LogP contribution in [0.4, 0.5) is 0 Å². The van der Waals surface area contributed by atoms with Crippen molar-refractivity contribution >= 4 is 6.08 Å². The molecule has 0 heterocycles. The summed E-state index contributed by atoms with van der Waals surface area (Å²) in [5, 5.41) is 10.9. The molecule has 0 saturated carbocycles. The van der Waals surface area contributed by atoms with Gasteiger partial charge in [0.2, 0.25) is 0 Å². The molecular formula is C15H16N2O3. The molecular weight excluding hydrogens is 256 g/mol. The Morgan fingerprint density at radius 1 is 1.35 bits per heavy atom. The van der Waals surface area contributed by atoms with E-state index in [9.17, 15) is 10.1 Å². The average molecular weight is 272 g/mol. The number of benzene rings is 1. The van der Waals surface area contributed by atoms with Crippen LogP contribution in [0.5, 0.6) is 5.75 Å². The van der Waals surface area contributed by atoms with Crippen LogP contribution in [0.2, 0.25) is 0 Å². The molecule has 5 heteroatoms. The van der Waals surface area contributed by atoms with Gasteiger partial charge in [-0.25, -0.2) is 0 Å². The highest BCUT2D eigenvalue weighted by molar-refractivity contribution is 5.54. The van der Waals surface area contributed by atoms with Crippen LogP contribution in [-0.4, -0.2) is 17.7 Å². The molecule has 0 radical (unpaired) electrons. The van der Waals surface area contributed by atoms with E-state index in [1.807, 2.05) is 42.5 Å². The molecule has 1 aromatic rings. The van der Waals surface area contributed by atoms with Crippen LogP contribution < -0.4 is 10.5 Å². The van der Waals surface area contributed by atoms with E-state index in [2.05, 4.69) is 0 Å². The lowest BCUT2D eigenvalue weighted by atomic mass is 9.95. The number of nitro groups is 1. The van der Waals surface area contributed by atoms with Gasteiger partial charge < -0.3 is 4.74 Å². The van der Waals surface area contributed by atoms with E-state index < -0.39 is 10.6 Å². The molecule has 1 aromatic carbocycles. The van der Waals surface area contributed by atoms with Gasteiger partial charge in [-0.1, -0.05) is 36.4 Å². The molecule has 0 aliphatic heterocycles. The van der Waals surface area contributed by atoms with E-state index >= 15 is 0 Å². The lowest BCUT2D eigenvalue weighted by molar-refractivity contribution is -0.553. The lowest BCUT2D eigenvalue weighted by Crippen LogP contribution is -2.46. The number of methoxy groups -OCH3 is 1. The SMILES string of the molecule is COc1ccc(C=CC2=CC=CC(N)([N+](=O)[O-])C2)cc1. The molecule has 104 valence electrons. The normalized spacial score (nSPS) is 21.8. The number of nitrogens with zero attached hydrogens (tertiary/aromatic N) is 1. The Labute approximate surface area is 117 Å². The van der Waals surface area contributed by atoms with Crippen LogP contribution in [0, 0.1) is 10.1 Å². The summed E-state index contributed by atoms with van der Waals surface area (Å²) in [6.07, 6.45) is 8.79. The van der Waals surface area contributed by atoms with Gasteiger partial charge in [0.1, 0.15) is 5.75 Å². The largest absolute Gasteiger partial charge is 0.497 e. The van der Waals surface area contributed by atoms with Crippen molar-refractivity contribution < 1.29 is 9.66 Å². The first-order chi connectivity index (χ1) is 9.53. The van der Waals surface area contributed by atoms with Gasteiger partial charge in [0.15, 0.2) is 0 Å². The van der Waals surface area contributed by atoms with Crippen LogP contribution in [0.3, 0.4) is 0 Å². The predicted molar refractivity (Wildman–Crippen MR) is 77.8 cm³/mol. The fraction of sp³-hybridized carbons (Fsp3) is 0.200. The van der Waals surface area contributed by atoms with Gasteiger partial charge >= 0.3 is 0 Å². The second kappa shape index (κ2) is 5.71. The van der Waals surface area contributed by atoms with E-state index in [0.717, 1.165) is 16.9 Å². The van der Waals surface area contributed by atoms with Crippen molar-refractivity contribution in [3.8, 4) is 5.75 Å². The van der Waals surface area contributed by atoms with Crippen molar-refractivity contribution in [2.45, 2.75) is 12.1 Å². The summed E-state index contributed by atoms with van der Waals surface area (Å²) in [7, 11) is 1.61. The van der Waals surface area contributed by atoms with E-state index in [-0.39, 0.29) is 6.42 Å². The van der Waals surface area contributed by atoms with Crippen molar-refractivity contribution in [2.24, 2.45) is 5.73 Å². The van der Waals surface area contributed by atoms with E-state index in [1.165, 1.54) is 6.08 Å². The van der Waals surface area contributed by atoms with Crippen molar-refractivity contribution in [2.75, 3.05) is 7.11 Å². The highest BCUT2D eigenvalue weighted by atomic mass is 16.6. The summed E-state index contributed by atoms with van der Waals surface area (Å²) in [6.45, 7) is 0. The van der Waals surface area contributed by atoms with Crippen LogP contribution in [0.15, 0.2) is 54.1 Å². The van der Waals surface area contributed by atoms with Crippen molar-refractivity contribution in [3.63, 3.8) is 0 Å². The fourth-order valence-electron chi connectivity index (χ4n) is 1.94. The molecule has 0 aromatic heterocycles. The number of hydrogen-bond acceptors (Lipinski definition) is 4. The van der Waals surface area contributed by atoms with Gasteiger partial charge in [-0.2, -0.15) is 0 Å². The summed E-state index contributed by atoms with van der Waals surface area (Å²) < 4.78 is 5.08. The topological polar surface area (TPSA) is 78.4 Å². The van der Waals surface area contributed by atoms with Crippen molar-refractivity contribution in [3.05, 3.63) is 69.8 Å². The first-order valence-corrected chi connectivity index (χ1v) is 6.17. The van der Waals surface area contributed by atoms with Crippen LogP contribution in [-0.2, 0) is 0 Å². The molecule has 0 fully saturated rings. The smallest absolute Gasteiger partial charge is 0.295 e. The van der Waals surface area contributed by atoms with E-state index in [0.29, 0.717) is 0 Å². The quantitative estimate of drug-likeness (QED) is 0.519. The highest BCUT2D eigenvalue weighted by Gasteiger charge is 2.36. The summed E-state index contributed by atoms with van der Waals surface area (Å²) in [4.78, 5) is 10.5. The molecule has 5 nitrogen and oxygen atoms in total. The van der Waals surface area contributed by atoms with Crippen molar-refractivity contribution in [1.29, 1.82) is 0 Å². The molecule has 0 spiro atoms. The Kier molecular flexibility index (Phi) is 4.00. The number of allylic oxidation sites excluding steroid dienone is 3. The second-order valence-electron chi connectivity index (χ2n) is 4.63. The van der Waals surface area contributed by atoms with Crippen LogP contribution in [0.25, 0.3) is 6.08 Å². The third-order valence-corrected chi connectivity index (χ3v) is 3.13. The summed E-state index contributed by atoms with van der Waals surface area (Å²) in [5.74, 6) is 0.788. The Hall–Kier alpha value is -2.40. The van der Waals surface area contributed by atoms with Gasteiger partial charge in [-0.05, 0) is 23.3 Å². The third-order valence-electron chi connectivity index (χ3n) is 3.13. The Morgan fingerprint density at radius 2 is 2.05 bits per heavy atom. The number of ether oxygens (including phenoxy) is 1. The second-order valence-corrected chi connectivity index (χ2v) is 4.63. The third kappa shape index (κ3) is 3.13. The molecule has 2 rings (SSSR count). The minimum atomic E-state index is -1.51. The zero-order valence-corrected chi connectivity index (χ0v) is 11.2. The lowest BCUT2D eigenvalue weighted by Gasteiger charge is -2.19. The van der Waals surface area contributed by atoms with Gasteiger partial charge in [-0.3, -0.25) is 15.8 Å². The van der Waals surface area contributed by atoms with Gasteiger partial charge in [0.05, 0.1) is 13.5 Å². The fourth-order valence-corrected chi connectivity index (χ4v) is 1.94. The monoisotopic (exact) mass is 272 g/mol. The van der Waals surface area contributed by atoms with Crippen LogP contribution >= 0.6 is 0 Å². The highest BCUT2D eigenvalue weighted by Crippen LogP contribution is 2.23. The molecule has 1 unspecified atom stereocenters. The van der Waals surface area contributed by atoms with E-state index in [4.69, 9.17) is 10.5 Å². The predicted octanol–water partition coefficient (Wildman–Crippen LogP) is 2.53. The standard InChI is InChI=1S/C15H16N2O3/c1-20-14-8-6-12(7-9-14)4-5-13-3-2-10-15(16,11-13)17(18)19/h2-10H,11,16H2,1H3. The first-order valence-electron chi connectivity index (χ1n) is 6.17. The summed E-state index contributed by atoms with van der Waals surface area (Å²) >= 11 is 0. The summed E-state index contributed by atoms with van der Waals surface area (Å²) in [5.41, 5.74) is 6.03. The maximum atomic E-state index is 10.9. The molecule has 2 N–H and O–H groups in total. The minimum absolute atomic E-state index is 0.184. The maximum Gasteiger partial charge on any atom is 0.295 e. The van der Waals surface area contributed by atoms with Crippen molar-refractivity contribution in [1.82, 2.24) is 0 Å². The molecule has 0 saturated heterocycles. The molecule has 1 aliphatic carbocycles. The van der Waals surface area contributed by atoms with Gasteiger partial charge in [0.25, 0.3) is 5.66 Å². The molecule has 20 heavy (non-hydrogen) atoms. The van der Waals surface area contributed by atoms with E-state index in [1.54, 1.807) is 13.2 Å². The molecule has 0 bridgehead atoms.